The quantitative estimate of drug-likeness (QED) is 0.746. The van der Waals surface area contributed by atoms with E-state index in [2.05, 4.69) is 12.2 Å². The smallest absolute Gasteiger partial charge is 0.0774 e. The van der Waals surface area contributed by atoms with Crippen LogP contribution in [0.2, 0.25) is 0 Å². The molecule has 1 fully saturated rings. The molecule has 3 heteroatoms. The number of ether oxygens (including phenoxy) is 1. The highest BCUT2D eigenvalue weighted by molar-refractivity contribution is 5.54. The van der Waals surface area contributed by atoms with Crippen LogP contribution >= 0.6 is 0 Å². The summed E-state index contributed by atoms with van der Waals surface area (Å²) in [6.45, 7) is 3.05. The van der Waals surface area contributed by atoms with E-state index in [4.69, 9.17) is 10.5 Å². The van der Waals surface area contributed by atoms with E-state index in [0.29, 0.717) is 12.1 Å². The van der Waals surface area contributed by atoms with E-state index in [1.165, 1.54) is 6.42 Å². The van der Waals surface area contributed by atoms with Gasteiger partial charge in [-0.2, -0.15) is 0 Å². The zero-order valence-corrected chi connectivity index (χ0v) is 9.07. The van der Waals surface area contributed by atoms with Gasteiger partial charge >= 0.3 is 0 Å². The van der Waals surface area contributed by atoms with Crippen LogP contribution in [0.3, 0.4) is 0 Å². The predicted octanol–water partition coefficient (Wildman–Crippen LogP) is 2.25. The van der Waals surface area contributed by atoms with Gasteiger partial charge in [0.25, 0.3) is 0 Å². The molecular formula is C12H18N2O. The standard InChI is InChI=1S/C12H18N2O/c1-9(12-6-3-7-15-12)14-11-5-2-4-10(13)8-11/h2,4-5,8-9,12,14H,3,6-7,13H2,1H3. The Balaban J connectivity index is 1.95. The van der Waals surface area contributed by atoms with Gasteiger partial charge in [0.15, 0.2) is 0 Å². The number of nitrogen functional groups attached to an aromatic ring is 1. The maximum Gasteiger partial charge on any atom is 0.0774 e. The van der Waals surface area contributed by atoms with Crippen molar-refractivity contribution in [2.24, 2.45) is 0 Å². The summed E-state index contributed by atoms with van der Waals surface area (Å²) in [7, 11) is 0. The Morgan fingerprint density at radius 3 is 3.07 bits per heavy atom. The van der Waals surface area contributed by atoms with Gasteiger partial charge in [0, 0.05) is 24.0 Å². The largest absolute Gasteiger partial charge is 0.399 e. The minimum absolute atomic E-state index is 0.339. The molecule has 15 heavy (non-hydrogen) atoms. The van der Waals surface area contributed by atoms with Crippen LogP contribution < -0.4 is 11.1 Å². The molecule has 82 valence electrons. The first-order chi connectivity index (χ1) is 7.25. The Hall–Kier alpha value is -1.22. The van der Waals surface area contributed by atoms with Gasteiger partial charge in [-0.05, 0) is 38.0 Å². The summed E-state index contributed by atoms with van der Waals surface area (Å²) in [5.74, 6) is 0. The lowest BCUT2D eigenvalue weighted by Crippen LogP contribution is -2.29. The lowest BCUT2D eigenvalue weighted by molar-refractivity contribution is 0.0996. The molecule has 1 saturated heterocycles. The molecule has 1 aromatic carbocycles. The number of nitrogens with one attached hydrogen (secondary N) is 1. The third-order valence-corrected chi connectivity index (χ3v) is 2.80. The fraction of sp³-hybridized carbons (Fsp3) is 0.500. The van der Waals surface area contributed by atoms with E-state index in [-0.39, 0.29) is 0 Å². The van der Waals surface area contributed by atoms with E-state index in [9.17, 15) is 0 Å². The second-order valence-corrected chi connectivity index (χ2v) is 4.11. The van der Waals surface area contributed by atoms with Crippen molar-refractivity contribution in [2.45, 2.75) is 31.9 Å². The second kappa shape index (κ2) is 4.53. The van der Waals surface area contributed by atoms with Gasteiger partial charge in [0.1, 0.15) is 0 Å². The van der Waals surface area contributed by atoms with Crippen molar-refractivity contribution in [3.05, 3.63) is 24.3 Å². The van der Waals surface area contributed by atoms with Crippen molar-refractivity contribution >= 4 is 11.4 Å². The molecule has 0 bridgehead atoms. The first-order valence-corrected chi connectivity index (χ1v) is 5.49. The van der Waals surface area contributed by atoms with Crippen LogP contribution in [-0.4, -0.2) is 18.8 Å². The molecule has 2 unspecified atom stereocenters. The van der Waals surface area contributed by atoms with Gasteiger partial charge < -0.3 is 15.8 Å². The summed E-state index contributed by atoms with van der Waals surface area (Å²) in [5, 5.41) is 3.42. The number of rotatable bonds is 3. The minimum atomic E-state index is 0.339. The van der Waals surface area contributed by atoms with Crippen LogP contribution in [0.15, 0.2) is 24.3 Å². The summed E-state index contributed by atoms with van der Waals surface area (Å²) in [6.07, 6.45) is 2.66. The van der Waals surface area contributed by atoms with E-state index in [1.54, 1.807) is 0 Å². The van der Waals surface area contributed by atoms with Gasteiger partial charge in [-0.15, -0.1) is 0 Å². The Morgan fingerprint density at radius 1 is 1.53 bits per heavy atom. The Morgan fingerprint density at radius 2 is 2.40 bits per heavy atom. The van der Waals surface area contributed by atoms with Gasteiger partial charge in [-0.3, -0.25) is 0 Å². The van der Waals surface area contributed by atoms with E-state index in [0.717, 1.165) is 24.4 Å². The van der Waals surface area contributed by atoms with Crippen molar-refractivity contribution in [3.8, 4) is 0 Å². The SMILES string of the molecule is CC(Nc1cccc(N)c1)C1CCCO1. The van der Waals surface area contributed by atoms with E-state index >= 15 is 0 Å². The van der Waals surface area contributed by atoms with Crippen molar-refractivity contribution in [2.75, 3.05) is 17.7 Å². The van der Waals surface area contributed by atoms with Crippen LogP contribution in [0.5, 0.6) is 0 Å². The summed E-state index contributed by atoms with van der Waals surface area (Å²) in [4.78, 5) is 0. The van der Waals surface area contributed by atoms with E-state index < -0.39 is 0 Å². The molecule has 0 amide bonds. The first-order valence-electron chi connectivity index (χ1n) is 5.49. The summed E-state index contributed by atoms with van der Waals surface area (Å²) < 4.78 is 5.62. The van der Waals surface area contributed by atoms with Crippen molar-refractivity contribution in [1.82, 2.24) is 0 Å². The molecule has 1 aliphatic heterocycles. The topological polar surface area (TPSA) is 47.3 Å². The fourth-order valence-corrected chi connectivity index (χ4v) is 1.98. The van der Waals surface area contributed by atoms with Crippen LogP contribution in [0.4, 0.5) is 11.4 Å². The number of hydrogen-bond donors (Lipinski definition) is 2. The number of anilines is 2. The molecule has 1 aromatic rings. The number of benzene rings is 1. The predicted molar refractivity (Wildman–Crippen MR) is 62.9 cm³/mol. The average molecular weight is 206 g/mol. The van der Waals surface area contributed by atoms with Crippen molar-refractivity contribution in [1.29, 1.82) is 0 Å². The normalized spacial score (nSPS) is 22.6. The van der Waals surface area contributed by atoms with Crippen LogP contribution in [-0.2, 0) is 4.74 Å². The molecular weight excluding hydrogens is 188 g/mol. The molecule has 0 aromatic heterocycles. The third kappa shape index (κ3) is 2.63. The van der Waals surface area contributed by atoms with Crippen LogP contribution in [0, 0.1) is 0 Å². The average Bonchev–Trinajstić information content (AvgIpc) is 2.70. The van der Waals surface area contributed by atoms with Crippen LogP contribution in [0.25, 0.3) is 0 Å². The van der Waals surface area contributed by atoms with Gasteiger partial charge in [-0.25, -0.2) is 0 Å². The summed E-state index contributed by atoms with van der Waals surface area (Å²) >= 11 is 0. The highest BCUT2D eigenvalue weighted by Crippen LogP contribution is 2.20. The summed E-state index contributed by atoms with van der Waals surface area (Å²) in [6, 6.07) is 8.17. The van der Waals surface area contributed by atoms with Gasteiger partial charge in [0.05, 0.1) is 6.10 Å². The monoisotopic (exact) mass is 206 g/mol. The lowest BCUT2D eigenvalue weighted by Gasteiger charge is -2.21. The van der Waals surface area contributed by atoms with E-state index in [1.807, 2.05) is 24.3 Å². The number of nitrogens with two attached hydrogens (primary N) is 1. The molecule has 3 nitrogen and oxygen atoms in total. The molecule has 0 aliphatic carbocycles. The second-order valence-electron chi connectivity index (χ2n) is 4.11. The molecule has 0 saturated carbocycles. The molecule has 1 aliphatic rings. The van der Waals surface area contributed by atoms with Gasteiger partial charge in [-0.1, -0.05) is 6.07 Å². The number of hydrogen-bond acceptors (Lipinski definition) is 3. The molecule has 2 atom stereocenters. The molecule has 0 spiro atoms. The highest BCUT2D eigenvalue weighted by Gasteiger charge is 2.21. The van der Waals surface area contributed by atoms with Crippen molar-refractivity contribution in [3.63, 3.8) is 0 Å². The molecule has 3 N–H and O–H groups in total. The Labute approximate surface area is 90.6 Å². The maximum atomic E-state index is 5.72. The van der Waals surface area contributed by atoms with Crippen LogP contribution in [0.1, 0.15) is 19.8 Å². The molecule has 1 heterocycles. The highest BCUT2D eigenvalue weighted by atomic mass is 16.5. The maximum absolute atomic E-state index is 5.72. The zero-order chi connectivity index (χ0) is 10.7. The molecule has 0 radical (unpaired) electrons. The first kappa shape index (κ1) is 10.3. The van der Waals surface area contributed by atoms with Crippen molar-refractivity contribution < 1.29 is 4.74 Å². The third-order valence-electron chi connectivity index (χ3n) is 2.80. The fourth-order valence-electron chi connectivity index (χ4n) is 1.98. The minimum Gasteiger partial charge on any atom is -0.399 e. The van der Waals surface area contributed by atoms with Gasteiger partial charge in [0.2, 0.25) is 0 Å². The zero-order valence-electron chi connectivity index (χ0n) is 9.07. The lowest BCUT2D eigenvalue weighted by atomic mass is 10.1. The molecule has 2 rings (SSSR count). The summed E-state index contributed by atoms with van der Waals surface area (Å²) in [5.41, 5.74) is 7.58. The Bertz CT molecular complexity index is 321. The Kier molecular flexibility index (Phi) is 3.11.